The van der Waals surface area contributed by atoms with Gasteiger partial charge in [0.05, 0.1) is 10.0 Å². The summed E-state index contributed by atoms with van der Waals surface area (Å²) in [5, 5.41) is 38.2. The van der Waals surface area contributed by atoms with Crippen molar-refractivity contribution in [3.63, 3.8) is 0 Å². The molecule has 0 radical (unpaired) electrons. The summed E-state index contributed by atoms with van der Waals surface area (Å²) in [4.78, 5) is 22.9. The Morgan fingerprint density at radius 3 is 1.61 bits per heavy atom. The third-order valence-corrected chi connectivity index (χ3v) is 4.94. The van der Waals surface area contributed by atoms with Crippen LogP contribution < -0.4 is 12.3 Å². The molecule has 12 N–H and O–H groups in total. The van der Waals surface area contributed by atoms with Crippen LogP contribution in [0, 0.1) is 0 Å². The van der Waals surface area contributed by atoms with Crippen molar-refractivity contribution >= 4 is 40.7 Å². The second kappa shape index (κ2) is 12.2. The van der Waals surface area contributed by atoms with Gasteiger partial charge in [0, 0.05) is 0 Å². The summed E-state index contributed by atoms with van der Waals surface area (Å²) in [6.45, 7) is 2.06. The number of phenols is 2. The molecule has 0 aliphatic carbocycles. The van der Waals surface area contributed by atoms with Crippen molar-refractivity contribution in [2.75, 3.05) is 0 Å². The van der Waals surface area contributed by atoms with E-state index in [1.54, 1.807) is 0 Å². The number of rotatable bonds is 8. The lowest BCUT2D eigenvalue weighted by Gasteiger charge is -2.14. The summed E-state index contributed by atoms with van der Waals surface area (Å²) in [7, 11) is 0. The molecule has 0 saturated carbocycles. The second-order valence-corrected chi connectivity index (χ2v) is 7.25. The quantitative estimate of drug-likeness (QED) is 0.234. The van der Waals surface area contributed by atoms with Gasteiger partial charge in [-0.1, -0.05) is 49.0 Å². The maximum atomic E-state index is 11.5. The lowest BCUT2D eigenvalue weighted by atomic mass is 9.93. The largest absolute Gasteiger partial charge is 0.505 e. The number of aromatic hydroxyl groups is 2. The molecule has 0 atom stereocenters. The average molecular weight is 475 g/mol. The molecule has 0 spiro atoms. The maximum absolute atomic E-state index is 11.5. The van der Waals surface area contributed by atoms with Crippen molar-refractivity contribution in [2.45, 2.75) is 32.6 Å². The first-order valence-electron chi connectivity index (χ1n) is 8.89. The number of allylic oxidation sites excluding steroid dienone is 1. The first kappa shape index (κ1) is 28.2. The molecule has 0 amide bonds. The van der Waals surface area contributed by atoms with Crippen LogP contribution in [0.15, 0.2) is 30.3 Å². The summed E-state index contributed by atoms with van der Waals surface area (Å²) in [6, 6.07) is 5.32. The number of hydrogen-bond donors (Lipinski definition) is 6. The minimum absolute atomic E-state index is 0. The van der Waals surface area contributed by atoms with Gasteiger partial charge in [0.25, 0.3) is 0 Å². The van der Waals surface area contributed by atoms with Crippen LogP contribution in [0.25, 0.3) is 5.57 Å². The molecule has 0 heterocycles. The fraction of sp³-hybridized carbons (Fsp3) is 0.238. The SMILES string of the molecule is CCCCCC=C(c1cc(Cl)c(O)c(C(=O)O)c1)c1cc(Cl)c(O)c(C(=O)O)c1.[NH4+].[NH4+]. The topological polar surface area (TPSA) is 188 Å². The molecule has 10 heteroatoms. The van der Waals surface area contributed by atoms with E-state index in [1.165, 1.54) is 24.3 Å². The zero-order chi connectivity index (χ0) is 21.7. The summed E-state index contributed by atoms with van der Waals surface area (Å²) in [5.41, 5.74) is 0.486. The summed E-state index contributed by atoms with van der Waals surface area (Å²) >= 11 is 12.0. The first-order valence-corrected chi connectivity index (χ1v) is 9.65. The highest BCUT2D eigenvalue weighted by Crippen LogP contribution is 2.37. The lowest BCUT2D eigenvalue weighted by molar-refractivity contribution is 0.0682. The van der Waals surface area contributed by atoms with E-state index in [0.717, 1.165) is 19.3 Å². The highest BCUT2D eigenvalue weighted by atomic mass is 35.5. The highest BCUT2D eigenvalue weighted by molar-refractivity contribution is 6.33. The Balaban J connectivity index is 0.00000450. The predicted molar refractivity (Wildman–Crippen MR) is 123 cm³/mol. The van der Waals surface area contributed by atoms with E-state index < -0.39 is 23.4 Å². The lowest BCUT2D eigenvalue weighted by Crippen LogP contribution is -2.02. The van der Waals surface area contributed by atoms with Crippen molar-refractivity contribution in [3.8, 4) is 11.5 Å². The van der Waals surface area contributed by atoms with Crippen LogP contribution in [0.1, 0.15) is 64.4 Å². The van der Waals surface area contributed by atoms with Crippen LogP contribution in [-0.4, -0.2) is 32.4 Å². The summed E-state index contributed by atoms with van der Waals surface area (Å²) in [6.07, 6.45) is 5.33. The Labute approximate surface area is 189 Å². The van der Waals surface area contributed by atoms with Crippen molar-refractivity contribution in [3.05, 3.63) is 62.6 Å². The monoisotopic (exact) mass is 474 g/mol. The van der Waals surface area contributed by atoms with Gasteiger partial charge in [-0.25, -0.2) is 9.59 Å². The van der Waals surface area contributed by atoms with E-state index in [1.807, 2.05) is 6.08 Å². The molecule has 0 aliphatic rings. The number of unbranched alkanes of at least 4 members (excludes halogenated alkanes) is 3. The zero-order valence-corrected chi connectivity index (χ0v) is 19.1. The van der Waals surface area contributed by atoms with Crippen molar-refractivity contribution in [1.82, 2.24) is 12.3 Å². The van der Waals surface area contributed by atoms with Crippen LogP contribution in [-0.2, 0) is 0 Å². The van der Waals surface area contributed by atoms with Crippen molar-refractivity contribution in [1.29, 1.82) is 0 Å². The smallest absolute Gasteiger partial charge is 0.339 e. The number of benzene rings is 2. The highest BCUT2D eigenvalue weighted by Gasteiger charge is 2.20. The predicted octanol–water partition coefficient (Wildman–Crippen LogP) is 6.57. The van der Waals surface area contributed by atoms with E-state index in [4.69, 9.17) is 23.2 Å². The van der Waals surface area contributed by atoms with Gasteiger partial charge < -0.3 is 32.7 Å². The molecule has 0 bridgehead atoms. The molecule has 0 aliphatic heterocycles. The summed E-state index contributed by atoms with van der Waals surface area (Å²) < 4.78 is 0. The Hall–Kier alpha value is -2.78. The molecule has 0 fully saturated rings. The molecular weight excluding hydrogens is 447 g/mol. The third kappa shape index (κ3) is 6.60. The Morgan fingerprint density at radius 2 is 1.26 bits per heavy atom. The van der Waals surface area contributed by atoms with Crippen LogP contribution in [0.3, 0.4) is 0 Å². The minimum Gasteiger partial charge on any atom is -0.505 e. The van der Waals surface area contributed by atoms with Gasteiger partial charge >= 0.3 is 11.9 Å². The van der Waals surface area contributed by atoms with Crippen LogP contribution in [0.2, 0.25) is 10.0 Å². The van der Waals surface area contributed by atoms with Gasteiger partial charge in [0.1, 0.15) is 22.6 Å². The van der Waals surface area contributed by atoms with Gasteiger partial charge in [-0.2, -0.15) is 0 Å². The molecule has 2 rings (SSSR count). The number of halogens is 2. The van der Waals surface area contributed by atoms with E-state index in [0.29, 0.717) is 23.1 Å². The molecule has 8 nitrogen and oxygen atoms in total. The van der Waals surface area contributed by atoms with Crippen LogP contribution in [0.5, 0.6) is 11.5 Å². The van der Waals surface area contributed by atoms with Crippen molar-refractivity contribution < 1.29 is 30.0 Å². The molecule has 0 unspecified atom stereocenters. The number of aromatic carboxylic acids is 2. The molecular formula is C21H28Cl2N2O6+2. The second-order valence-electron chi connectivity index (χ2n) is 6.43. The number of carboxylic acids is 2. The fourth-order valence-corrected chi connectivity index (χ4v) is 3.32. The Kier molecular flexibility index (Phi) is 11.1. The molecule has 31 heavy (non-hydrogen) atoms. The number of carboxylic acid groups (broad SMARTS) is 2. The molecule has 170 valence electrons. The molecule has 0 saturated heterocycles. The van der Waals surface area contributed by atoms with E-state index in [-0.39, 0.29) is 33.5 Å². The van der Waals surface area contributed by atoms with Gasteiger partial charge in [-0.3, -0.25) is 0 Å². The Morgan fingerprint density at radius 1 is 0.839 bits per heavy atom. The van der Waals surface area contributed by atoms with E-state index >= 15 is 0 Å². The fourth-order valence-electron chi connectivity index (χ4n) is 2.88. The third-order valence-electron chi connectivity index (χ3n) is 4.37. The number of quaternary nitrogens is 2. The molecule has 2 aromatic rings. The van der Waals surface area contributed by atoms with Gasteiger partial charge in [0.2, 0.25) is 0 Å². The minimum atomic E-state index is -1.36. The number of hydrogen-bond acceptors (Lipinski definition) is 4. The molecule has 2 aromatic carbocycles. The zero-order valence-electron chi connectivity index (χ0n) is 17.6. The molecule has 0 aromatic heterocycles. The van der Waals surface area contributed by atoms with Crippen LogP contribution >= 0.6 is 23.2 Å². The summed E-state index contributed by atoms with van der Waals surface area (Å²) in [5.74, 6) is -3.82. The van der Waals surface area contributed by atoms with Gasteiger partial charge in [0.15, 0.2) is 0 Å². The maximum Gasteiger partial charge on any atom is 0.339 e. The average Bonchev–Trinajstić information content (AvgIpc) is 2.65. The normalized spacial score (nSPS) is 9.90. The van der Waals surface area contributed by atoms with Crippen LogP contribution in [0.4, 0.5) is 0 Å². The number of carbonyl (C=O) groups is 2. The Bertz CT molecular complexity index is 921. The van der Waals surface area contributed by atoms with Gasteiger partial charge in [-0.15, -0.1) is 0 Å². The first-order chi connectivity index (χ1) is 13.7. The van der Waals surface area contributed by atoms with Gasteiger partial charge in [-0.05, 0) is 53.8 Å². The van der Waals surface area contributed by atoms with Crippen molar-refractivity contribution in [2.24, 2.45) is 0 Å². The van der Waals surface area contributed by atoms with E-state index in [9.17, 15) is 30.0 Å². The van der Waals surface area contributed by atoms with E-state index in [2.05, 4.69) is 6.92 Å². The standard InChI is InChI=1S/C21H20Cl2O6.2H3N/c1-2-3-4-5-6-13(11-7-14(20(26)27)18(24)16(22)9-11)12-8-15(21(28)29)19(25)17(23)10-12;;/h6-10,24-25H,2-5H2,1H3,(H,26,27)(H,28,29);2*1H3/p+2.